The number of benzene rings is 6. The van der Waals surface area contributed by atoms with Crippen molar-refractivity contribution in [3.63, 3.8) is 0 Å². The number of nitrogens with zero attached hydrogens (tertiary/aromatic N) is 4. The Morgan fingerprint density at radius 3 is 1.47 bits per heavy atom. The lowest BCUT2D eigenvalue weighted by Gasteiger charge is -2.26. The van der Waals surface area contributed by atoms with Gasteiger partial charge in [0.25, 0.3) is 0 Å². The van der Waals surface area contributed by atoms with Gasteiger partial charge in [0.2, 0.25) is 5.89 Å². The zero-order valence-electron chi connectivity index (χ0n) is 24.6. The minimum absolute atomic E-state index is 0.611. The Balaban J connectivity index is 1.19. The first-order chi connectivity index (χ1) is 22.2. The van der Waals surface area contributed by atoms with Gasteiger partial charge in [-0.25, -0.2) is 15.0 Å². The second-order valence-corrected chi connectivity index (χ2v) is 11.0. The number of para-hydroxylation sites is 4. The van der Waals surface area contributed by atoms with E-state index in [1.54, 1.807) is 0 Å². The summed E-state index contributed by atoms with van der Waals surface area (Å²) in [5, 5.41) is 0. The molecule has 0 bridgehead atoms. The molecule has 2 heterocycles. The molecule has 0 atom stereocenters. The number of hydrogen-bond donors (Lipinski definition) is 0. The summed E-state index contributed by atoms with van der Waals surface area (Å²) in [6.45, 7) is 2.10. The smallest absolute Gasteiger partial charge is 0.227 e. The Kier molecular flexibility index (Phi) is 6.61. The van der Waals surface area contributed by atoms with Crippen molar-refractivity contribution in [1.82, 2.24) is 15.0 Å². The van der Waals surface area contributed by atoms with E-state index in [9.17, 15) is 0 Å². The van der Waals surface area contributed by atoms with Crippen molar-refractivity contribution in [3.8, 4) is 34.0 Å². The topological polar surface area (TPSA) is 55.1 Å². The highest BCUT2D eigenvalue weighted by atomic mass is 16.3. The Bertz CT molecular complexity index is 2220. The lowest BCUT2D eigenvalue weighted by Crippen LogP contribution is -2.10. The van der Waals surface area contributed by atoms with Gasteiger partial charge in [-0.2, -0.15) is 0 Å². The van der Waals surface area contributed by atoms with E-state index >= 15 is 0 Å². The first kappa shape index (κ1) is 26.5. The summed E-state index contributed by atoms with van der Waals surface area (Å²) >= 11 is 0. The normalized spacial score (nSPS) is 11.2. The molecule has 0 N–H and O–H groups in total. The molecule has 0 fully saturated rings. The highest BCUT2D eigenvalue weighted by Crippen LogP contribution is 2.38. The molecule has 5 heteroatoms. The van der Waals surface area contributed by atoms with Crippen LogP contribution in [0.3, 0.4) is 0 Å². The van der Waals surface area contributed by atoms with E-state index in [4.69, 9.17) is 14.4 Å². The molecule has 0 saturated carbocycles. The molecule has 0 aliphatic carbocycles. The van der Waals surface area contributed by atoms with Gasteiger partial charge in [-0.05, 0) is 79.7 Å². The van der Waals surface area contributed by atoms with Gasteiger partial charge in [0.05, 0.1) is 22.4 Å². The molecular formula is C40H28N4O. The fraction of sp³-hybridized carbons (Fsp3) is 0.0250. The van der Waals surface area contributed by atoms with Crippen molar-refractivity contribution in [3.05, 3.63) is 157 Å². The van der Waals surface area contributed by atoms with Gasteiger partial charge >= 0.3 is 0 Å². The predicted molar refractivity (Wildman–Crippen MR) is 183 cm³/mol. The summed E-state index contributed by atoms with van der Waals surface area (Å²) in [6, 6.07) is 51.6. The fourth-order valence-electron chi connectivity index (χ4n) is 5.66. The number of oxazole rings is 1. The second kappa shape index (κ2) is 11.2. The van der Waals surface area contributed by atoms with E-state index in [1.165, 1.54) is 5.56 Å². The van der Waals surface area contributed by atoms with E-state index in [0.717, 1.165) is 67.3 Å². The third-order valence-electron chi connectivity index (χ3n) is 7.98. The molecule has 0 spiro atoms. The van der Waals surface area contributed by atoms with Crippen LogP contribution in [0.5, 0.6) is 0 Å². The zero-order valence-corrected chi connectivity index (χ0v) is 24.6. The van der Waals surface area contributed by atoms with Crippen LogP contribution in [0.1, 0.15) is 5.56 Å². The highest BCUT2D eigenvalue weighted by molar-refractivity contribution is 5.87. The van der Waals surface area contributed by atoms with Gasteiger partial charge < -0.3 is 9.32 Å². The van der Waals surface area contributed by atoms with Crippen LogP contribution >= 0.6 is 0 Å². The Hall–Kier alpha value is -6.07. The van der Waals surface area contributed by atoms with E-state index in [1.807, 2.05) is 66.7 Å². The van der Waals surface area contributed by atoms with Crippen LogP contribution in [0.15, 0.2) is 156 Å². The van der Waals surface area contributed by atoms with Gasteiger partial charge in [-0.1, -0.05) is 84.4 Å². The van der Waals surface area contributed by atoms with E-state index in [0.29, 0.717) is 5.89 Å². The lowest BCUT2D eigenvalue weighted by molar-refractivity contribution is 0.620. The summed E-state index contributed by atoms with van der Waals surface area (Å²) < 4.78 is 6.02. The molecule has 8 aromatic rings. The molecule has 0 aliphatic rings. The molecule has 0 amide bonds. The number of rotatable bonds is 6. The van der Waals surface area contributed by atoms with Crippen molar-refractivity contribution >= 4 is 39.2 Å². The van der Waals surface area contributed by atoms with Gasteiger partial charge in [0, 0.05) is 33.8 Å². The molecule has 0 radical (unpaired) electrons. The molecular weight excluding hydrogens is 552 g/mol. The summed E-state index contributed by atoms with van der Waals surface area (Å²) in [7, 11) is 0. The molecule has 0 aliphatic heterocycles. The third-order valence-corrected chi connectivity index (χ3v) is 7.98. The molecule has 45 heavy (non-hydrogen) atoms. The zero-order chi connectivity index (χ0) is 30.2. The minimum Gasteiger partial charge on any atom is -0.436 e. The lowest BCUT2D eigenvalue weighted by atomic mass is 10.0. The third kappa shape index (κ3) is 5.11. The molecule has 214 valence electrons. The number of aryl methyl sites for hydroxylation is 1. The van der Waals surface area contributed by atoms with Crippen LogP contribution in [0.25, 0.3) is 56.1 Å². The standard InChI is InChI=1S/C40H28N4O/c1-27-15-21-31(22-16-27)44(33-25-19-30(20-26-33)40-43-36-13-7-8-14-37(36)45-40)32-23-17-29(18-24-32)39-38(28-9-3-2-4-10-28)41-34-11-5-6-12-35(34)42-39/h2-26H,1H3. The van der Waals surface area contributed by atoms with Gasteiger partial charge in [-0.15, -0.1) is 0 Å². The Labute approximate surface area is 261 Å². The van der Waals surface area contributed by atoms with Crippen molar-refractivity contribution in [1.29, 1.82) is 0 Å². The number of aromatic nitrogens is 3. The number of anilines is 3. The first-order valence-corrected chi connectivity index (χ1v) is 15.0. The molecule has 8 rings (SSSR count). The SMILES string of the molecule is Cc1ccc(N(c2ccc(-c3nc4ccccc4o3)cc2)c2ccc(-c3nc4ccccc4nc3-c3ccccc3)cc2)cc1. The Morgan fingerprint density at radius 1 is 0.422 bits per heavy atom. The molecule has 5 nitrogen and oxygen atoms in total. The summed E-state index contributed by atoms with van der Waals surface area (Å²) in [6.07, 6.45) is 0. The quantitative estimate of drug-likeness (QED) is 0.196. The summed E-state index contributed by atoms with van der Waals surface area (Å²) in [5.74, 6) is 0.611. The first-order valence-electron chi connectivity index (χ1n) is 15.0. The number of fused-ring (bicyclic) bond motifs is 2. The van der Waals surface area contributed by atoms with Gasteiger partial charge in [0.15, 0.2) is 5.58 Å². The molecule has 0 unspecified atom stereocenters. The van der Waals surface area contributed by atoms with Crippen molar-refractivity contribution in [2.45, 2.75) is 6.92 Å². The van der Waals surface area contributed by atoms with Crippen LogP contribution < -0.4 is 4.90 Å². The number of hydrogen-bond acceptors (Lipinski definition) is 5. The average molecular weight is 581 g/mol. The minimum atomic E-state index is 0.611. The van der Waals surface area contributed by atoms with Crippen LogP contribution in [0.2, 0.25) is 0 Å². The maximum Gasteiger partial charge on any atom is 0.227 e. The van der Waals surface area contributed by atoms with E-state index < -0.39 is 0 Å². The molecule has 0 saturated heterocycles. The Morgan fingerprint density at radius 2 is 0.889 bits per heavy atom. The highest BCUT2D eigenvalue weighted by Gasteiger charge is 2.17. The van der Waals surface area contributed by atoms with Crippen LogP contribution in [0, 0.1) is 6.92 Å². The van der Waals surface area contributed by atoms with Gasteiger partial charge in [0.1, 0.15) is 5.52 Å². The monoisotopic (exact) mass is 580 g/mol. The van der Waals surface area contributed by atoms with Crippen LogP contribution in [0.4, 0.5) is 17.1 Å². The maximum absolute atomic E-state index is 6.02. The predicted octanol–water partition coefficient (Wildman–Crippen LogP) is 10.6. The van der Waals surface area contributed by atoms with Gasteiger partial charge in [-0.3, -0.25) is 0 Å². The fourth-order valence-corrected chi connectivity index (χ4v) is 5.66. The average Bonchev–Trinajstić information content (AvgIpc) is 3.54. The summed E-state index contributed by atoms with van der Waals surface area (Å²) in [4.78, 5) is 17.1. The molecule has 2 aromatic heterocycles. The van der Waals surface area contributed by atoms with E-state index in [-0.39, 0.29) is 0 Å². The molecule has 6 aromatic carbocycles. The van der Waals surface area contributed by atoms with Crippen molar-refractivity contribution < 1.29 is 4.42 Å². The van der Waals surface area contributed by atoms with Crippen LogP contribution in [-0.2, 0) is 0 Å². The maximum atomic E-state index is 6.02. The van der Waals surface area contributed by atoms with E-state index in [2.05, 4.69) is 102 Å². The summed E-state index contributed by atoms with van der Waals surface area (Å²) in [5.41, 5.74) is 12.4. The van der Waals surface area contributed by atoms with Crippen LogP contribution in [-0.4, -0.2) is 15.0 Å². The largest absolute Gasteiger partial charge is 0.436 e. The second-order valence-electron chi connectivity index (χ2n) is 11.0. The van der Waals surface area contributed by atoms with Crippen molar-refractivity contribution in [2.24, 2.45) is 0 Å². The van der Waals surface area contributed by atoms with Crippen molar-refractivity contribution in [2.75, 3.05) is 4.90 Å².